The minimum atomic E-state index is -0.136. The van der Waals surface area contributed by atoms with Crippen LogP contribution in [0.15, 0.2) is 29.3 Å². The lowest BCUT2D eigenvalue weighted by Crippen LogP contribution is -2.38. The average molecular weight is 462 g/mol. The molecule has 0 amide bonds. The molecule has 1 aliphatic heterocycles. The number of benzene rings is 1. The number of hydrogen-bond acceptors (Lipinski definition) is 2. The number of hydrogen-bond donors (Lipinski definition) is 2. The van der Waals surface area contributed by atoms with E-state index in [9.17, 15) is 4.39 Å². The molecule has 1 heterocycles. The molecule has 0 spiro atoms. The molecule has 1 fully saturated rings. The lowest BCUT2D eigenvalue weighted by molar-refractivity contribution is 0.331. The maximum atomic E-state index is 13.6. The molecule has 0 aromatic heterocycles. The van der Waals surface area contributed by atoms with Gasteiger partial charge >= 0.3 is 0 Å². The van der Waals surface area contributed by atoms with Gasteiger partial charge in [-0.3, -0.25) is 4.99 Å². The number of nitrogens with one attached hydrogen (secondary N) is 2. The Hall–Kier alpha value is -0.890. The van der Waals surface area contributed by atoms with E-state index >= 15 is 0 Å². The maximum absolute atomic E-state index is 13.6. The van der Waals surface area contributed by atoms with E-state index in [-0.39, 0.29) is 29.8 Å². The third-order valence-corrected chi connectivity index (χ3v) is 4.34. The lowest BCUT2D eigenvalue weighted by Gasteiger charge is -2.14. The van der Waals surface area contributed by atoms with Crippen LogP contribution in [0.5, 0.6) is 0 Å². The number of rotatable bonds is 9. The molecule has 2 N–H and O–H groups in total. The Labute approximate surface area is 168 Å². The van der Waals surface area contributed by atoms with Gasteiger partial charge in [0, 0.05) is 19.6 Å². The van der Waals surface area contributed by atoms with E-state index in [2.05, 4.69) is 27.4 Å². The largest absolute Gasteiger partial charge is 0.357 e. The van der Waals surface area contributed by atoms with Gasteiger partial charge in [-0.2, -0.15) is 0 Å². The van der Waals surface area contributed by atoms with Crippen molar-refractivity contribution in [2.24, 2.45) is 4.99 Å². The van der Waals surface area contributed by atoms with Crippen LogP contribution >= 0.6 is 24.0 Å². The molecule has 6 heteroatoms. The summed E-state index contributed by atoms with van der Waals surface area (Å²) in [5, 5.41) is 6.54. The van der Waals surface area contributed by atoms with Crippen LogP contribution in [-0.2, 0) is 6.42 Å². The number of halogens is 2. The van der Waals surface area contributed by atoms with Gasteiger partial charge in [0.1, 0.15) is 5.82 Å². The fourth-order valence-corrected chi connectivity index (χ4v) is 3.00. The summed E-state index contributed by atoms with van der Waals surface area (Å²) in [6.07, 6.45) is 5.69. The molecule has 25 heavy (non-hydrogen) atoms. The van der Waals surface area contributed by atoms with Crippen LogP contribution in [0, 0.1) is 5.82 Å². The Morgan fingerprint density at radius 1 is 1.16 bits per heavy atom. The van der Waals surface area contributed by atoms with Crippen molar-refractivity contribution in [2.45, 2.75) is 39.0 Å². The summed E-state index contributed by atoms with van der Waals surface area (Å²) in [5.74, 6) is 0.693. The van der Waals surface area contributed by atoms with E-state index in [0.717, 1.165) is 31.0 Å². The van der Waals surface area contributed by atoms with E-state index in [1.807, 2.05) is 12.1 Å². The van der Waals surface area contributed by atoms with E-state index in [0.29, 0.717) is 13.0 Å². The van der Waals surface area contributed by atoms with Gasteiger partial charge in [-0.15, -0.1) is 24.0 Å². The molecule has 142 valence electrons. The zero-order valence-corrected chi connectivity index (χ0v) is 17.6. The lowest BCUT2D eigenvalue weighted by atomic mass is 10.1. The zero-order chi connectivity index (χ0) is 17.0. The Kier molecular flexibility index (Phi) is 11.8. The van der Waals surface area contributed by atoms with E-state index in [1.165, 1.54) is 45.0 Å². The van der Waals surface area contributed by atoms with Gasteiger partial charge < -0.3 is 15.5 Å². The Morgan fingerprint density at radius 2 is 1.92 bits per heavy atom. The van der Waals surface area contributed by atoms with Crippen molar-refractivity contribution in [3.8, 4) is 0 Å². The smallest absolute Gasteiger partial charge is 0.191 e. The first-order valence-electron chi connectivity index (χ1n) is 9.27. The summed E-state index contributed by atoms with van der Waals surface area (Å²) in [6.45, 7) is 8.14. The van der Waals surface area contributed by atoms with Gasteiger partial charge in [0.15, 0.2) is 5.96 Å². The van der Waals surface area contributed by atoms with E-state index in [4.69, 9.17) is 0 Å². The Bertz CT molecular complexity index is 504. The molecule has 1 aromatic carbocycles. The van der Waals surface area contributed by atoms with Crippen molar-refractivity contribution in [3.05, 3.63) is 35.6 Å². The first kappa shape index (κ1) is 22.2. The summed E-state index contributed by atoms with van der Waals surface area (Å²) in [6, 6.07) is 6.94. The molecule has 1 saturated heterocycles. The van der Waals surface area contributed by atoms with Crippen molar-refractivity contribution in [1.82, 2.24) is 15.5 Å². The van der Waals surface area contributed by atoms with Crippen molar-refractivity contribution < 1.29 is 4.39 Å². The summed E-state index contributed by atoms with van der Waals surface area (Å²) in [7, 11) is 0. The SMILES string of the molecule is CCNC(=NCCCCN1CCCC1)NCCc1ccccc1F.I. The van der Waals surface area contributed by atoms with Crippen LogP contribution in [0.1, 0.15) is 38.2 Å². The predicted molar refractivity (Wildman–Crippen MR) is 114 cm³/mol. The Balaban J connectivity index is 0.00000312. The average Bonchev–Trinajstić information content (AvgIpc) is 3.09. The standard InChI is InChI=1S/C19H31FN4.HI/c1-2-21-19(22-12-5-6-14-24-15-7-8-16-24)23-13-11-17-9-3-4-10-18(17)20;/h3-4,9-10H,2,5-8,11-16H2,1H3,(H2,21,22,23);1H. The molecule has 0 unspecified atom stereocenters. The highest BCUT2D eigenvalue weighted by Gasteiger charge is 2.09. The third kappa shape index (κ3) is 8.85. The molecule has 0 atom stereocenters. The van der Waals surface area contributed by atoms with Gasteiger partial charge in [0.2, 0.25) is 0 Å². The number of unbranched alkanes of at least 4 members (excludes halogenated alkanes) is 1. The second-order valence-corrected chi connectivity index (χ2v) is 6.28. The summed E-state index contributed by atoms with van der Waals surface area (Å²) < 4.78 is 13.6. The van der Waals surface area contributed by atoms with E-state index < -0.39 is 0 Å². The van der Waals surface area contributed by atoms with Crippen molar-refractivity contribution >= 4 is 29.9 Å². The van der Waals surface area contributed by atoms with Gasteiger partial charge in [0.25, 0.3) is 0 Å². The van der Waals surface area contributed by atoms with Crippen LogP contribution in [0.3, 0.4) is 0 Å². The number of nitrogens with zero attached hydrogens (tertiary/aromatic N) is 2. The quantitative estimate of drug-likeness (QED) is 0.256. The molecule has 0 saturated carbocycles. The molecule has 1 aliphatic rings. The fraction of sp³-hybridized carbons (Fsp3) is 0.632. The number of guanidine groups is 1. The van der Waals surface area contributed by atoms with Crippen LogP contribution in [0.25, 0.3) is 0 Å². The zero-order valence-electron chi connectivity index (χ0n) is 15.3. The van der Waals surface area contributed by atoms with Crippen molar-refractivity contribution in [2.75, 3.05) is 39.3 Å². The van der Waals surface area contributed by atoms with Crippen LogP contribution in [0.2, 0.25) is 0 Å². The summed E-state index contributed by atoms with van der Waals surface area (Å²) in [5.41, 5.74) is 0.742. The molecule has 1 aromatic rings. The van der Waals surface area contributed by atoms with Crippen LogP contribution in [0.4, 0.5) is 4.39 Å². The van der Waals surface area contributed by atoms with Gasteiger partial charge in [-0.05, 0) is 70.3 Å². The fourth-order valence-electron chi connectivity index (χ4n) is 3.00. The Morgan fingerprint density at radius 3 is 2.64 bits per heavy atom. The van der Waals surface area contributed by atoms with Crippen molar-refractivity contribution in [1.29, 1.82) is 0 Å². The monoisotopic (exact) mass is 462 g/mol. The second kappa shape index (κ2) is 13.3. The third-order valence-electron chi connectivity index (χ3n) is 4.34. The maximum Gasteiger partial charge on any atom is 0.191 e. The second-order valence-electron chi connectivity index (χ2n) is 6.28. The van der Waals surface area contributed by atoms with Gasteiger partial charge in [0.05, 0.1) is 0 Å². The number of likely N-dealkylation sites (tertiary alicyclic amines) is 1. The minimum absolute atomic E-state index is 0. The molecule has 0 aliphatic carbocycles. The molecule has 2 rings (SSSR count). The highest BCUT2D eigenvalue weighted by atomic mass is 127. The summed E-state index contributed by atoms with van der Waals surface area (Å²) in [4.78, 5) is 7.16. The van der Waals surface area contributed by atoms with Gasteiger partial charge in [-0.25, -0.2) is 4.39 Å². The molecular formula is C19H32FIN4. The molecule has 0 radical (unpaired) electrons. The number of aliphatic imine (C=N–C) groups is 1. The van der Waals surface area contributed by atoms with E-state index in [1.54, 1.807) is 6.07 Å². The van der Waals surface area contributed by atoms with Crippen LogP contribution in [-0.4, -0.2) is 50.1 Å². The first-order valence-corrected chi connectivity index (χ1v) is 9.27. The topological polar surface area (TPSA) is 39.7 Å². The van der Waals surface area contributed by atoms with Crippen molar-refractivity contribution in [3.63, 3.8) is 0 Å². The van der Waals surface area contributed by atoms with Gasteiger partial charge in [-0.1, -0.05) is 18.2 Å². The molecule has 4 nitrogen and oxygen atoms in total. The first-order chi connectivity index (χ1) is 11.8. The highest BCUT2D eigenvalue weighted by molar-refractivity contribution is 14.0. The molecule has 0 bridgehead atoms. The van der Waals surface area contributed by atoms with Crippen LogP contribution < -0.4 is 10.6 Å². The highest BCUT2D eigenvalue weighted by Crippen LogP contribution is 2.08. The molecular weight excluding hydrogens is 430 g/mol. The predicted octanol–water partition coefficient (Wildman–Crippen LogP) is 3.42. The normalized spacial score (nSPS) is 15.0. The summed E-state index contributed by atoms with van der Waals surface area (Å²) >= 11 is 0. The minimum Gasteiger partial charge on any atom is -0.357 e.